The van der Waals surface area contributed by atoms with Crippen LogP contribution in [0.4, 0.5) is 24.5 Å². The first kappa shape index (κ1) is 20.1. The molecule has 0 bridgehead atoms. The standard InChI is InChI=1S/C21H16F3N3O2/c1-11-5-12(2)7-15(6-11)26-20(28)13-8-14(10-25-9-13)21(29)27-17-4-3-16(22)18(23)19(17)24/h3-10H,1-2H3,(H,26,28)(H,27,29). The number of aromatic nitrogens is 1. The van der Waals surface area contributed by atoms with E-state index in [4.69, 9.17) is 0 Å². The molecule has 0 saturated heterocycles. The molecule has 3 aromatic rings. The van der Waals surface area contributed by atoms with E-state index in [0.29, 0.717) is 11.8 Å². The number of benzene rings is 2. The summed E-state index contributed by atoms with van der Waals surface area (Å²) in [6.45, 7) is 3.79. The Hall–Kier alpha value is -3.68. The molecule has 0 aliphatic carbocycles. The Balaban J connectivity index is 1.79. The third kappa shape index (κ3) is 4.60. The van der Waals surface area contributed by atoms with Crippen LogP contribution in [-0.4, -0.2) is 16.8 Å². The molecule has 2 aromatic carbocycles. The SMILES string of the molecule is Cc1cc(C)cc(NC(=O)c2cncc(C(=O)Nc3ccc(F)c(F)c3F)c2)c1. The summed E-state index contributed by atoms with van der Waals surface area (Å²) in [5.74, 6) is -5.90. The van der Waals surface area contributed by atoms with Gasteiger partial charge in [0.25, 0.3) is 11.8 Å². The Labute approximate surface area is 164 Å². The van der Waals surface area contributed by atoms with Crippen LogP contribution in [-0.2, 0) is 0 Å². The smallest absolute Gasteiger partial charge is 0.257 e. The maximum absolute atomic E-state index is 13.7. The summed E-state index contributed by atoms with van der Waals surface area (Å²) in [5.41, 5.74) is 2.05. The van der Waals surface area contributed by atoms with E-state index in [1.807, 2.05) is 19.9 Å². The van der Waals surface area contributed by atoms with Crippen LogP contribution in [0.5, 0.6) is 0 Å². The Morgan fingerprint density at radius 2 is 1.38 bits per heavy atom. The highest BCUT2D eigenvalue weighted by molar-refractivity contribution is 6.08. The summed E-state index contributed by atoms with van der Waals surface area (Å²) >= 11 is 0. The second-order valence-electron chi connectivity index (χ2n) is 6.47. The molecule has 0 saturated carbocycles. The van der Waals surface area contributed by atoms with Crippen LogP contribution in [0.1, 0.15) is 31.8 Å². The summed E-state index contributed by atoms with van der Waals surface area (Å²) in [5, 5.41) is 4.85. The molecule has 148 valence electrons. The lowest BCUT2D eigenvalue weighted by atomic mass is 10.1. The minimum atomic E-state index is -1.69. The van der Waals surface area contributed by atoms with Crippen LogP contribution >= 0.6 is 0 Å². The van der Waals surface area contributed by atoms with Crippen LogP contribution < -0.4 is 10.6 Å². The number of amides is 2. The van der Waals surface area contributed by atoms with Crippen LogP contribution in [0, 0.1) is 31.3 Å². The number of halogens is 3. The van der Waals surface area contributed by atoms with Gasteiger partial charge in [0, 0.05) is 18.1 Å². The summed E-state index contributed by atoms with van der Waals surface area (Å²) in [6.07, 6.45) is 2.44. The van der Waals surface area contributed by atoms with Crippen molar-refractivity contribution in [2.75, 3.05) is 10.6 Å². The van der Waals surface area contributed by atoms with Gasteiger partial charge in [-0.2, -0.15) is 0 Å². The fraction of sp³-hybridized carbons (Fsp3) is 0.0952. The monoisotopic (exact) mass is 399 g/mol. The molecule has 1 heterocycles. The summed E-state index contributed by atoms with van der Waals surface area (Å²) in [4.78, 5) is 28.6. The first-order chi connectivity index (χ1) is 13.7. The van der Waals surface area contributed by atoms with Crippen molar-refractivity contribution in [1.29, 1.82) is 0 Å². The van der Waals surface area contributed by atoms with E-state index in [9.17, 15) is 22.8 Å². The maximum atomic E-state index is 13.7. The van der Waals surface area contributed by atoms with Crippen molar-refractivity contribution in [3.63, 3.8) is 0 Å². The molecular formula is C21H16F3N3O2. The Kier molecular flexibility index (Phi) is 5.63. The quantitative estimate of drug-likeness (QED) is 0.629. The lowest BCUT2D eigenvalue weighted by Gasteiger charge is -2.09. The fourth-order valence-corrected chi connectivity index (χ4v) is 2.76. The number of nitrogens with one attached hydrogen (secondary N) is 2. The number of nitrogens with zero attached hydrogens (tertiary/aromatic N) is 1. The van der Waals surface area contributed by atoms with Gasteiger partial charge in [0.15, 0.2) is 17.5 Å². The van der Waals surface area contributed by atoms with Crippen molar-refractivity contribution in [1.82, 2.24) is 4.98 Å². The van der Waals surface area contributed by atoms with Crippen molar-refractivity contribution < 1.29 is 22.8 Å². The summed E-state index contributed by atoms with van der Waals surface area (Å²) in [6, 6.07) is 8.40. The molecule has 0 atom stereocenters. The lowest BCUT2D eigenvalue weighted by molar-refractivity contribution is 0.102. The van der Waals surface area contributed by atoms with Crippen molar-refractivity contribution in [2.24, 2.45) is 0 Å². The lowest BCUT2D eigenvalue weighted by Crippen LogP contribution is -2.17. The zero-order valence-corrected chi connectivity index (χ0v) is 15.5. The average Bonchev–Trinajstić information content (AvgIpc) is 2.67. The Morgan fingerprint density at radius 3 is 2.00 bits per heavy atom. The first-order valence-electron chi connectivity index (χ1n) is 8.54. The highest BCUT2D eigenvalue weighted by atomic mass is 19.2. The van der Waals surface area contributed by atoms with Crippen molar-refractivity contribution >= 4 is 23.2 Å². The van der Waals surface area contributed by atoms with Crippen LogP contribution in [0.2, 0.25) is 0 Å². The number of hydrogen-bond donors (Lipinski definition) is 2. The van der Waals surface area contributed by atoms with E-state index in [1.165, 1.54) is 18.5 Å². The van der Waals surface area contributed by atoms with Crippen molar-refractivity contribution in [3.05, 3.63) is 88.5 Å². The van der Waals surface area contributed by atoms with Gasteiger partial charge >= 0.3 is 0 Å². The number of carbonyl (C=O) groups is 2. The molecule has 0 unspecified atom stereocenters. The first-order valence-corrected chi connectivity index (χ1v) is 8.54. The second kappa shape index (κ2) is 8.14. The van der Waals surface area contributed by atoms with Crippen LogP contribution in [0.25, 0.3) is 0 Å². The van der Waals surface area contributed by atoms with E-state index in [-0.39, 0.29) is 11.1 Å². The molecule has 0 fully saturated rings. The molecule has 2 N–H and O–H groups in total. The van der Waals surface area contributed by atoms with Gasteiger partial charge in [-0.1, -0.05) is 6.07 Å². The fourth-order valence-electron chi connectivity index (χ4n) is 2.76. The van der Waals surface area contributed by atoms with Gasteiger partial charge in [-0.25, -0.2) is 13.2 Å². The average molecular weight is 399 g/mol. The third-order valence-corrected chi connectivity index (χ3v) is 4.03. The Bertz CT molecular complexity index is 1100. The van der Waals surface area contributed by atoms with E-state index < -0.39 is 35.0 Å². The van der Waals surface area contributed by atoms with Gasteiger partial charge in [0.1, 0.15) is 0 Å². The number of anilines is 2. The molecule has 8 heteroatoms. The third-order valence-electron chi connectivity index (χ3n) is 4.03. The molecule has 3 rings (SSSR count). The molecular weight excluding hydrogens is 383 g/mol. The highest BCUT2D eigenvalue weighted by Gasteiger charge is 2.17. The molecule has 0 aliphatic heterocycles. The zero-order valence-electron chi connectivity index (χ0n) is 15.5. The summed E-state index contributed by atoms with van der Waals surface area (Å²) in [7, 11) is 0. The molecule has 29 heavy (non-hydrogen) atoms. The van der Waals surface area contributed by atoms with E-state index >= 15 is 0 Å². The predicted octanol–water partition coefficient (Wildman–Crippen LogP) is 4.62. The van der Waals surface area contributed by atoms with Crippen molar-refractivity contribution in [3.8, 4) is 0 Å². The number of aryl methyl sites for hydroxylation is 2. The normalized spacial score (nSPS) is 10.5. The molecule has 0 aliphatic rings. The van der Waals surface area contributed by atoms with Gasteiger partial charge in [-0.05, 0) is 55.3 Å². The van der Waals surface area contributed by atoms with E-state index in [1.54, 1.807) is 12.1 Å². The van der Waals surface area contributed by atoms with E-state index in [2.05, 4.69) is 15.6 Å². The second-order valence-corrected chi connectivity index (χ2v) is 6.47. The molecule has 1 aromatic heterocycles. The summed E-state index contributed by atoms with van der Waals surface area (Å²) < 4.78 is 40.1. The molecule has 5 nitrogen and oxygen atoms in total. The molecule has 0 spiro atoms. The zero-order chi connectivity index (χ0) is 21.1. The molecule has 2 amide bonds. The van der Waals surface area contributed by atoms with Crippen molar-refractivity contribution in [2.45, 2.75) is 13.8 Å². The van der Waals surface area contributed by atoms with Crippen LogP contribution in [0.15, 0.2) is 48.8 Å². The Morgan fingerprint density at radius 1 is 0.793 bits per heavy atom. The van der Waals surface area contributed by atoms with Gasteiger partial charge < -0.3 is 10.6 Å². The molecule has 0 radical (unpaired) electrons. The van der Waals surface area contributed by atoms with Crippen LogP contribution in [0.3, 0.4) is 0 Å². The van der Waals surface area contributed by atoms with Gasteiger partial charge in [0.2, 0.25) is 0 Å². The largest absolute Gasteiger partial charge is 0.322 e. The predicted molar refractivity (Wildman–Crippen MR) is 102 cm³/mol. The number of carbonyl (C=O) groups excluding carboxylic acids is 2. The highest BCUT2D eigenvalue weighted by Crippen LogP contribution is 2.20. The minimum Gasteiger partial charge on any atom is -0.322 e. The number of pyridine rings is 1. The van der Waals surface area contributed by atoms with Gasteiger partial charge in [0.05, 0.1) is 16.8 Å². The topological polar surface area (TPSA) is 71.1 Å². The number of rotatable bonds is 4. The minimum absolute atomic E-state index is 0.0535. The van der Waals surface area contributed by atoms with Gasteiger partial charge in [-0.15, -0.1) is 0 Å². The maximum Gasteiger partial charge on any atom is 0.257 e. The van der Waals surface area contributed by atoms with E-state index in [0.717, 1.165) is 17.2 Å². The number of hydrogen-bond acceptors (Lipinski definition) is 3. The van der Waals surface area contributed by atoms with Gasteiger partial charge in [-0.3, -0.25) is 14.6 Å².